The van der Waals surface area contributed by atoms with Crippen LogP contribution in [0.5, 0.6) is 0 Å². The summed E-state index contributed by atoms with van der Waals surface area (Å²) in [6.45, 7) is 2.49. The molecule has 0 aliphatic carbocycles. The van der Waals surface area contributed by atoms with Gasteiger partial charge >= 0.3 is 0 Å². The smallest absolute Gasteiger partial charge is 0.00246 e. The maximum Gasteiger partial charge on any atom is 0.00246 e. The Morgan fingerprint density at radius 2 is 1.89 bits per heavy atom. The van der Waals surface area contributed by atoms with Crippen molar-refractivity contribution >= 4 is 35.0 Å². The molecule has 0 aromatic heterocycles. The van der Waals surface area contributed by atoms with Gasteiger partial charge in [-0.3, -0.25) is 0 Å². The van der Waals surface area contributed by atoms with Crippen LogP contribution in [0.1, 0.15) is 12.8 Å². The summed E-state index contributed by atoms with van der Waals surface area (Å²) in [4.78, 5) is 0. The fourth-order valence-corrected chi connectivity index (χ4v) is 1.92. The molecule has 0 aromatic carbocycles. The second-order valence-corrected chi connectivity index (χ2v) is 3.23. The van der Waals surface area contributed by atoms with Crippen LogP contribution in [-0.2, 0) is 0 Å². The highest BCUT2D eigenvalue weighted by molar-refractivity contribution is 14.1. The van der Waals surface area contributed by atoms with Gasteiger partial charge in [0.2, 0.25) is 0 Å². The van der Waals surface area contributed by atoms with Gasteiger partial charge in [0, 0.05) is 4.43 Å². The van der Waals surface area contributed by atoms with Gasteiger partial charge in [0.25, 0.3) is 0 Å². The predicted octanol–water partition coefficient (Wildman–Crippen LogP) is 1.84. The average molecular weight is 262 g/mol. The van der Waals surface area contributed by atoms with Gasteiger partial charge in [-0.15, -0.1) is 12.4 Å². The van der Waals surface area contributed by atoms with E-state index in [1.165, 1.54) is 30.4 Å². The molecule has 1 rings (SSSR count). The topological polar surface area (TPSA) is 12.0 Å². The summed E-state index contributed by atoms with van der Waals surface area (Å²) in [7, 11) is 0. The fraction of sp³-hybridized carbons (Fsp3) is 1.00. The molecule has 1 nitrogen and oxygen atoms in total. The molecule has 9 heavy (non-hydrogen) atoms. The molecular weight excluding hydrogens is 248 g/mol. The molecule has 0 spiro atoms. The van der Waals surface area contributed by atoms with Gasteiger partial charge in [0.1, 0.15) is 0 Å². The molecule has 0 aromatic rings. The van der Waals surface area contributed by atoms with Gasteiger partial charge in [-0.05, 0) is 31.8 Å². The molecule has 0 radical (unpaired) electrons. The number of piperidine rings is 1. The minimum absolute atomic E-state index is 0. The lowest BCUT2D eigenvalue weighted by Gasteiger charge is -2.19. The lowest BCUT2D eigenvalue weighted by molar-refractivity contribution is 0.412. The van der Waals surface area contributed by atoms with Gasteiger partial charge < -0.3 is 5.32 Å². The summed E-state index contributed by atoms with van der Waals surface area (Å²) in [5, 5.41) is 3.35. The SMILES string of the molecule is Cl.ICC1CCNCC1. The molecule has 0 amide bonds. The second-order valence-electron chi connectivity index (χ2n) is 2.35. The third-order valence-electron chi connectivity index (χ3n) is 1.68. The fourth-order valence-electron chi connectivity index (χ4n) is 1.04. The number of hydrogen-bond donors (Lipinski definition) is 1. The molecule has 1 heterocycles. The van der Waals surface area contributed by atoms with Crippen molar-refractivity contribution in [3.8, 4) is 0 Å². The number of alkyl halides is 1. The Bertz CT molecular complexity index is 64.1. The molecule has 1 fully saturated rings. The zero-order valence-corrected chi connectivity index (χ0v) is 8.37. The van der Waals surface area contributed by atoms with Gasteiger partial charge in [-0.25, -0.2) is 0 Å². The zero-order chi connectivity index (χ0) is 5.82. The molecule has 1 aliphatic heterocycles. The van der Waals surface area contributed by atoms with Gasteiger partial charge in [-0.2, -0.15) is 0 Å². The summed E-state index contributed by atoms with van der Waals surface area (Å²) < 4.78 is 1.35. The summed E-state index contributed by atoms with van der Waals surface area (Å²) in [5.41, 5.74) is 0. The van der Waals surface area contributed by atoms with Crippen LogP contribution in [0.25, 0.3) is 0 Å². The first kappa shape index (κ1) is 9.98. The minimum atomic E-state index is 0. The van der Waals surface area contributed by atoms with Gasteiger partial charge in [0.05, 0.1) is 0 Å². The Kier molecular flexibility index (Phi) is 6.37. The monoisotopic (exact) mass is 261 g/mol. The molecule has 3 heteroatoms. The summed E-state index contributed by atoms with van der Waals surface area (Å²) in [6.07, 6.45) is 2.78. The number of hydrogen-bond acceptors (Lipinski definition) is 1. The first-order valence-electron chi connectivity index (χ1n) is 3.20. The Hall–Kier alpha value is 0.980. The van der Waals surface area contributed by atoms with E-state index in [2.05, 4.69) is 27.9 Å². The van der Waals surface area contributed by atoms with Crippen molar-refractivity contribution in [3.05, 3.63) is 0 Å². The van der Waals surface area contributed by atoms with Crippen molar-refractivity contribution in [1.29, 1.82) is 0 Å². The van der Waals surface area contributed by atoms with Crippen molar-refractivity contribution in [1.82, 2.24) is 5.32 Å². The Balaban J connectivity index is 0.000000640. The number of halogens is 2. The van der Waals surface area contributed by atoms with Crippen LogP contribution in [-0.4, -0.2) is 17.5 Å². The van der Waals surface area contributed by atoms with Gasteiger partial charge in [0.15, 0.2) is 0 Å². The normalized spacial score (nSPS) is 21.0. The lowest BCUT2D eigenvalue weighted by atomic mass is 10.0. The van der Waals surface area contributed by atoms with E-state index in [1.54, 1.807) is 0 Å². The summed E-state index contributed by atoms with van der Waals surface area (Å²) in [5.74, 6) is 1.01. The molecule has 0 saturated carbocycles. The highest BCUT2D eigenvalue weighted by Gasteiger charge is 2.09. The molecular formula is C6H13ClIN. The Morgan fingerprint density at radius 1 is 1.33 bits per heavy atom. The molecule has 0 atom stereocenters. The van der Waals surface area contributed by atoms with Crippen LogP contribution in [0.3, 0.4) is 0 Å². The first-order valence-corrected chi connectivity index (χ1v) is 4.72. The van der Waals surface area contributed by atoms with Crippen LogP contribution in [0, 0.1) is 5.92 Å². The van der Waals surface area contributed by atoms with E-state index in [-0.39, 0.29) is 12.4 Å². The zero-order valence-electron chi connectivity index (χ0n) is 5.40. The van der Waals surface area contributed by atoms with Crippen LogP contribution in [0.4, 0.5) is 0 Å². The maximum atomic E-state index is 3.35. The summed E-state index contributed by atoms with van der Waals surface area (Å²) in [6, 6.07) is 0. The van der Waals surface area contributed by atoms with E-state index in [4.69, 9.17) is 0 Å². The Morgan fingerprint density at radius 3 is 2.22 bits per heavy atom. The van der Waals surface area contributed by atoms with E-state index >= 15 is 0 Å². The molecule has 0 unspecified atom stereocenters. The largest absolute Gasteiger partial charge is 0.317 e. The highest BCUT2D eigenvalue weighted by Crippen LogP contribution is 2.13. The van der Waals surface area contributed by atoms with Crippen molar-refractivity contribution in [3.63, 3.8) is 0 Å². The van der Waals surface area contributed by atoms with E-state index in [0.717, 1.165) is 5.92 Å². The van der Waals surface area contributed by atoms with Crippen molar-refractivity contribution < 1.29 is 0 Å². The second kappa shape index (κ2) is 5.74. The molecule has 1 aliphatic rings. The first-order chi connectivity index (χ1) is 3.93. The van der Waals surface area contributed by atoms with E-state index < -0.39 is 0 Å². The van der Waals surface area contributed by atoms with E-state index in [0.29, 0.717) is 0 Å². The van der Waals surface area contributed by atoms with E-state index in [1.807, 2.05) is 0 Å². The third-order valence-corrected chi connectivity index (χ3v) is 2.92. The maximum absolute atomic E-state index is 3.35. The average Bonchev–Trinajstić information content (AvgIpc) is 1.90. The minimum Gasteiger partial charge on any atom is -0.317 e. The molecule has 56 valence electrons. The van der Waals surface area contributed by atoms with Crippen molar-refractivity contribution in [2.45, 2.75) is 12.8 Å². The van der Waals surface area contributed by atoms with E-state index in [9.17, 15) is 0 Å². The predicted molar refractivity (Wildman–Crippen MR) is 51.7 cm³/mol. The number of nitrogens with one attached hydrogen (secondary N) is 1. The van der Waals surface area contributed by atoms with Crippen LogP contribution in [0.2, 0.25) is 0 Å². The van der Waals surface area contributed by atoms with Crippen molar-refractivity contribution in [2.75, 3.05) is 17.5 Å². The Labute approximate surface area is 76.5 Å². The van der Waals surface area contributed by atoms with Crippen LogP contribution in [0.15, 0.2) is 0 Å². The van der Waals surface area contributed by atoms with Crippen molar-refractivity contribution in [2.24, 2.45) is 5.92 Å². The highest BCUT2D eigenvalue weighted by atomic mass is 127. The molecule has 0 bridgehead atoms. The van der Waals surface area contributed by atoms with Gasteiger partial charge in [-0.1, -0.05) is 22.6 Å². The lowest BCUT2D eigenvalue weighted by Crippen LogP contribution is -2.28. The third kappa shape index (κ3) is 3.63. The molecule has 1 N–H and O–H groups in total. The van der Waals surface area contributed by atoms with Crippen LogP contribution < -0.4 is 5.32 Å². The number of rotatable bonds is 1. The summed E-state index contributed by atoms with van der Waals surface area (Å²) >= 11 is 2.48. The molecule has 1 saturated heterocycles. The standard InChI is InChI=1S/C6H12IN.ClH/c7-5-6-1-3-8-4-2-6;/h6,8H,1-5H2;1H. The quantitative estimate of drug-likeness (QED) is 0.561. The van der Waals surface area contributed by atoms with Crippen LogP contribution >= 0.6 is 35.0 Å².